The smallest absolute Gasteiger partial charge is 0.287 e. The highest BCUT2D eigenvalue weighted by molar-refractivity contribution is 6.30. The molecule has 0 saturated heterocycles. The van der Waals surface area contributed by atoms with Gasteiger partial charge < -0.3 is 14.8 Å². The Kier molecular flexibility index (Phi) is 4.57. The van der Waals surface area contributed by atoms with E-state index in [1.54, 1.807) is 31.2 Å². The number of hydrogen-bond acceptors (Lipinski definition) is 3. The number of aromatic hydroxyl groups is 1. The van der Waals surface area contributed by atoms with Crippen LogP contribution in [0.1, 0.15) is 34.2 Å². The zero-order valence-electron chi connectivity index (χ0n) is 10.7. The first-order chi connectivity index (χ1) is 9.47. The molecule has 0 aliphatic carbocycles. The predicted octanol–water partition coefficient (Wildman–Crippen LogP) is 3.87. The fourth-order valence-electron chi connectivity index (χ4n) is 1.65. The highest BCUT2D eigenvalue weighted by Gasteiger charge is 2.14. The lowest BCUT2D eigenvalue weighted by atomic mass is 10.2. The highest BCUT2D eigenvalue weighted by atomic mass is 35.5. The minimum atomic E-state index is -0.382. The Morgan fingerprint density at radius 2 is 2.15 bits per heavy atom. The van der Waals surface area contributed by atoms with E-state index in [0.717, 1.165) is 0 Å². The van der Waals surface area contributed by atoms with Gasteiger partial charge in [-0.15, -0.1) is 11.6 Å². The molecule has 0 spiro atoms. The maximum Gasteiger partial charge on any atom is 0.287 e. The van der Waals surface area contributed by atoms with Crippen molar-refractivity contribution in [2.45, 2.75) is 18.8 Å². The van der Waals surface area contributed by atoms with Crippen molar-refractivity contribution in [3.8, 4) is 5.75 Å². The van der Waals surface area contributed by atoms with Crippen LogP contribution in [0.3, 0.4) is 0 Å². The van der Waals surface area contributed by atoms with E-state index in [1.165, 1.54) is 6.07 Å². The lowest BCUT2D eigenvalue weighted by Gasteiger charge is -2.06. The number of amides is 1. The molecule has 0 saturated carbocycles. The number of carbonyl (C=O) groups is 1. The van der Waals surface area contributed by atoms with Gasteiger partial charge >= 0.3 is 0 Å². The van der Waals surface area contributed by atoms with Gasteiger partial charge in [-0.3, -0.25) is 4.79 Å². The van der Waals surface area contributed by atoms with E-state index < -0.39 is 0 Å². The Bertz CT molecular complexity index is 623. The summed E-state index contributed by atoms with van der Waals surface area (Å²) in [6.45, 7) is 1.91. The summed E-state index contributed by atoms with van der Waals surface area (Å²) < 4.78 is 5.32. The number of nitrogens with one attached hydrogen (secondary N) is 1. The van der Waals surface area contributed by atoms with Gasteiger partial charge in [-0.2, -0.15) is 0 Å². The molecule has 0 bridgehead atoms. The summed E-state index contributed by atoms with van der Waals surface area (Å²) in [4.78, 5) is 11.9. The topological polar surface area (TPSA) is 62.5 Å². The minimum absolute atomic E-state index is 0.0733. The van der Waals surface area contributed by atoms with E-state index in [0.29, 0.717) is 16.3 Å². The molecule has 0 fully saturated rings. The maximum absolute atomic E-state index is 11.9. The van der Waals surface area contributed by atoms with E-state index >= 15 is 0 Å². The molecule has 1 amide bonds. The molecule has 1 aromatic heterocycles. The number of halogens is 2. The second-order valence-electron chi connectivity index (χ2n) is 4.27. The summed E-state index contributed by atoms with van der Waals surface area (Å²) in [5, 5.41) is 12.5. The van der Waals surface area contributed by atoms with Gasteiger partial charge in [0.05, 0.1) is 5.38 Å². The van der Waals surface area contributed by atoms with Crippen molar-refractivity contribution in [2.75, 3.05) is 0 Å². The summed E-state index contributed by atoms with van der Waals surface area (Å²) in [5.74, 6) is 0.397. The third kappa shape index (κ3) is 3.46. The largest absolute Gasteiger partial charge is 0.508 e. The van der Waals surface area contributed by atoms with Crippen LogP contribution in [-0.2, 0) is 6.54 Å². The van der Waals surface area contributed by atoms with Crippen molar-refractivity contribution in [3.05, 3.63) is 52.4 Å². The quantitative estimate of drug-likeness (QED) is 0.842. The molecule has 2 aromatic rings. The number of hydrogen-bond donors (Lipinski definition) is 2. The van der Waals surface area contributed by atoms with E-state index in [2.05, 4.69) is 5.32 Å². The van der Waals surface area contributed by atoms with E-state index in [-0.39, 0.29) is 29.3 Å². The molecule has 106 valence electrons. The number of phenols is 1. The standard InChI is InChI=1S/C14H13Cl2NO3/c1-8(15)12-4-5-13(20-12)14(19)17-7-9-6-10(16)2-3-11(9)18/h2-6,8,18H,7H2,1H3,(H,17,19). The van der Waals surface area contributed by atoms with Crippen molar-refractivity contribution in [1.29, 1.82) is 0 Å². The van der Waals surface area contributed by atoms with Gasteiger partial charge in [0.15, 0.2) is 5.76 Å². The number of carbonyl (C=O) groups excluding carboxylic acids is 1. The van der Waals surface area contributed by atoms with Gasteiger partial charge in [0.25, 0.3) is 5.91 Å². The minimum Gasteiger partial charge on any atom is -0.508 e. The fraction of sp³-hybridized carbons (Fsp3) is 0.214. The Balaban J connectivity index is 2.02. The van der Waals surface area contributed by atoms with Crippen molar-refractivity contribution in [2.24, 2.45) is 0 Å². The molecule has 1 heterocycles. The molecule has 0 aliphatic rings. The average molecular weight is 314 g/mol. The number of benzene rings is 1. The Labute approximate surface area is 126 Å². The molecule has 0 radical (unpaired) electrons. The zero-order chi connectivity index (χ0) is 14.7. The molecule has 1 unspecified atom stereocenters. The second kappa shape index (κ2) is 6.20. The third-order valence-electron chi connectivity index (χ3n) is 2.72. The molecular weight excluding hydrogens is 301 g/mol. The van der Waals surface area contributed by atoms with Crippen LogP contribution >= 0.6 is 23.2 Å². The van der Waals surface area contributed by atoms with Crippen molar-refractivity contribution >= 4 is 29.1 Å². The monoisotopic (exact) mass is 313 g/mol. The number of furan rings is 1. The van der Waals surface area contributed by atoms with Gasteiger partial charge in [-0.05, 0) is 37.3 Å². The van der Waals surface area contributed by atoms with Crippen LogP contribution in [0.25, 0.3) is 0 Å². The maximum atomic E-state index is 11.9. The van der Waals surface area contributed by atoms with E-state index in [9.17, 15) is 9.90 Å². The van der Waals surface area contributed by atoms with Crippen LogP contribution in [0.5, 0.6) is 5.75 Å². The molecule has 2 rings (SSSR count). The first-order valence-corrected chi connectivity index (χ1v) is 6.78. The second-order valence-corrected chi connectivity index (χ2v) is 5.36. The summed E-state index contributed by atoms with van der Waals surface area (Å²) in [7, 11) is 0. The van der Waals surface area contributed by atoms with Crippen LogP contribution < -0.4 is 5.32 Å². The van der Waals surface area contributed by atoms with Crippen LogP contribution in [0, 0.1) is 0 Å². The summed E-state index contributed by atoms with van der Waals surface area (Å²) >= 11 is 11.7. The van der Waals surface area contributed by atoms with Crippen LogP contribution in [0.15, 0.2) is 34.7 Å². The van der Waals surface area contributed by atoms with Crippen LogP contribution in [0.2, 0.25) is 5.02 Å². The first-order valence-electron chi connectivity index (χ1n) is 5.97. The van der Waals surface area contributed by atoms with Crippen LogP contribution in [-0.4, -0.2) is 11.0 Å². The molecule has 1 atom stereocenters. The van der Waals surface area contributed by atoms with Gasteiger partial charge in [0.1, 0.15) is 11.5 Å². The van der Waals surface area contributed by atoms with E-state index in [1.807, 2.05) is 0 Å². The molecule has 2 N–H and O–H groups in total. The highest BCUT2D eigenvalue weighted by Crippen LogP contribution is 2.23. The van der Waals surface area contributed by atoms with E-state index in [4.69, 9.17) is 27.6 Å². The van der Waals surface area contributed by atoms with Gasteiger partial charge in [0, 0.05) is 17.1 Å². The normalized spacial score (nSPS) is 12.2. The Morgan fingerprint density at radius 1 is 1.40 bits per heavy atom. The van der Waals surface area contributed by atoms with Gasteiger partial charge in [0.2, 0.25) is 0 Å². The van der Waals surface area contributed by atoms with Gasteiger partial charge in [-0.25, -0.2) is 0 Å². The lowest BCUT2D eigenvalue weighted by Crippen LogP contribution is -2.22. The summed E-state index contributed by atoms with van der Waals surface area (Å²) in [6.07, 6.45) is 0. The molecular formula is C14H13Cl2NO3. The summed E-state index contributed by atoms with van der Waals surface area (Å²) in [5.41, 5.74) is 0.531. The fourth-order valence-corrected chi connectivity index (χ4v) is 1.96. The zero-order valence-corrected chi connectivity index (χ0v) is 12.2. The molecule has 4 nitrogen and oxygen atoms in total. The molecule has 1 aromatic carbocycles. The van der Waals surface area contributed by atoms with Crippen molar-refractivity contribution in [3.63, 3.8) is 0 Å². The Morgan fingerprint density at radius 3 is 2.80 bits per heavy atom. The predicted molar refractivity (Wildman–Crippen MR) is 77.3 cm³/mol. The molecule has 6 heteroatoms. The molecule has 0 aliphatic heterocycles. The first kappa shape index (κ1) is 14.8. The van der Waals surface area contributed by atoms with Crippen molar-refractivity contribution < 1.29 is 14.3 Å². The number of phenolic OH excluding ortho intramolecular Hbond substituents is 1. The third-order valence-corrected chi connectivity index (χ3v) is 3.17. The Hall–Kier alpha value is -1.65. The number of rotatable bonds is 4. The lowest BCUT2D eigenvalue weighted by molar-refractivity contribution is 0.0921. The molecule has 20 heavy (non-hydrogen) atoms. The SMILES string of the molecule is CC(Cl)c1ccc(C(=O)NCc2cc(Cl)ccc2O)o1. The van der Waals surface area contributed by atoms with Crippen LogP contribution in [0.4, 0.5) is 0 Å². The number of alkyl halides is 1. The average Bonchev–Trinajstić information content (AvgIpc) is 2.89. The van der Waals surface area contributed by atoms with Gasteiger partial charge in [-0.1, -0.05) is 11.6 Å². The van der Waals surface area contributed by atoms with Crippen molar-refractivity contribution in [1.82, 2.24) is 5.32 Å². The summed E-state index contributed by atoms with van der Waals surface area (Å²) in [6, 6.07) is 7.85.